The molecule has 2 aliphatic carbocycles. The molecular weight excluding hydrogens is 465 g/mol. The number of hydrogen-bond donors (Lipinski definition) is 2. The quantitative estimate of drug-likeness (QED) is 0.692. The average Bonchev–Trinajstić information content (AvgIpc) is 3.48. The summed E-state index contributed by atoms with van der Waals surface area (Å²) < 4.78 is 42.2. The number of imidazole rings is 1. The first-order valence-corrected chi connectivity index (χ1v) is 11.2. The van der Waals surface area contributed by atoms with Gasteiger partial charge in [-0.15, -0.1) is 0 Å². The smallest absolute Gasteiger partial charge is 0.390 e. The van der Waals surface area contributed by atoms with Crippen LogP contribution in [0.1, 0.15) is 53.2 Å². The average molecular weight is 487 g/mol. The minimum Gasteiger partial charge on any atom is -0.390 e. The minimum atomic E-state index is -4.67. The molecule has 3 aliphatic rings. The Hall–Kier alpha value is -2.37. The summed E-state index contributed by atoms with van der Waals surface area (Å²) in [5.74, 6) is -1.05. The molecule has 2 aromatic rings. The summed E-state index contributed by atoms with van der Waals surface area (Å²) >= 11 is 6.33. The van der Waals surface area contributed by atoms with Crippen LogP contribution in [-0.4, -0.2) is 79.1 Å². The third kappa shape index (κ3) is 3.95. The highest BCUT2D eigenvalue weighted by molar-refractivity contribution is 6.33. The van der Waals surface area contributed by atoms with Crippen LogP contribution >= 0.6 is 11.6 Å². The number of nitrogens with zero attached hydrogens (tertiary/aromatic N) is 4. The molecule has 12 heteroatoms. The molecule has 2 atom stereocenters. The molecule has 2 N–H and O–H groups in total. The van der Waals surface area contributed by atoms with Crippen molar-refractivity contribution < 1.29 is 33.0 Å². The number of amides is 2. The lowest BCUT2D eigenvalue weighted by atomic mass is 10.1. The maximum absolute atomic E-state index is 13.7. The largest absolute Gasteiger partial charge is 0.419 e. The molecular formula is C21H22ClF3N4O4. The van der Waals surface area contributed by atoms with Crippen LogP contribution in [0.15, 0.2) is 12.3 Å². The van der Waals surface area contributed by atoms with Crippen molar-refractivity contribution in [2.45, 2.75) is 56.0 Å². The first kappa shape index (κ1) is 22.4. The van der Waals surface area contributed by atoms with Crippen molar-refractivity contribution in [2.24, 2.45) is 0 Å². The lowest BCUT2D eigenvalue weighted by molar-refractivity contribution is -0.138. The highest BCUT2D eigenvalue weighted by atomic mass is 35.5. The molecule has 0 bridgehead atoms. The van der Waals surface area contributed by atoms with Crippen LogP contribution in [0.3, 0.4) is 0 Å². The Morgan fingerprint density at radius 1 is 1.15 bits per heavy atom. The number of carbonyl (C=O) groups is 2. The molecule has 8 nitrogen and oxygen atoms in total. The number of carbonyl (C=O) groups excluding carboxylic acids is 2. The summed E-state index contributed by atoms with van der Waals surface area (Å²) in [6, 6.07) is 0.742. The molecule has 3 heterocycles. The van der Waals surface area contributed by atoms with Gasteiger partial charge < -0.3 is 20.0 Å². The van der Waals surface area contributed by atoms with Gasteiger partial charge >= 0.3 is 6.18 Å². The number of hydrogen-bond acceptors (Lipinski definition) is 5. The van der Waals surface area contributed by atoms with Crippen LogP contribution in [0.25, 0.3) is 5.65 Å². The second-order valence-corrected chi connectivity index (χ2v) is 9.34. The number of aliphatic hydroxyl groups is 2. The van der Waals surface area contributed by atoms with E-state index in [4.69, 9.17) is 11.6 Å². The van der Waals surface area contributed by atoms with Crippen molar-refractivity contribution in [2.75, 3.05) is 19.6 Å². The first-order chi connectivity index (χ1) is 15.5. The normalized spacial score (nSPS) is 26.5. The molecule has 0 aromatic carbocycles. The van der Waals surface area contributed by atoms with E-state index in [2.05, 4.69) is 4.98 Å². The summed E-state index contributed by atoms with van der Waals surface area (Å²) in [6.45, 7) is 0.0292. The molecule has 1 aliphatic heterocycles. The maximum Gasteiger partial charge on any atom is 0.419 e. The van der Waals surface area contributed by atoms with Crippen molar-refractivity contribution in [3.63, 3.8) is 0 Å². The Kier molecular flexibility index (Phi) is 5.33. The van der Waals surface area contributed by atoms with Gasteiger partial charge in [-0.3, -0.25) is 14.0 Å². The third-order valence-corrected chi connectivity index (χ3v) is 7.06. The Balaban J connectivity index is 1.41. The van der Waals surface area contributed by atoms with Gasteiger partial charge in [-0.25, -0.2) is 4.98 Å². The zero-order chi connectivity index (χ0) is 23.7. The van der Waals surface area contributed by atoms with E-state index in [9.17, 15) is 33.0 Å². The molecule has 2 amide bonds. The van der Waals surface area contributed by atoms with Gasteiger partial charge in [-0.2, -0.15) is 13.2 Å². The molecule has 33 heavy (non-hydrogen) atoms. The number of aromatic nitrogens is 2. The molecule has 0 radical (unpaired) electrons. The van der Waals surface area contributed by atoms with E-state index in [0.717, 1.165) is 23.3 Å². The van der Waals surface area contributed by atoms with Gasteiger partial charge in [0.05, 0.1) is 17.8 Å². The highest BCUT2D eigenvalue weighted by Gasteiger charge is 2.41. The number of alkyl halides is 3. The van der Waals surface area contributed by atoms with E-state index in [-0.39, 0.29) is 61.2 Å². The number of pyridine rings is 1. The van der Waals surface area contributed by atoms with Gasteiger partial charge in [-0.05, 0) is 43.2 Å². The number of halogens is 4. The van der Waals surface area contributed by atoms with Crippen LogP contribution in [-0.2, 0) is 11.0 Å². The van der Waals surface area contributed by atoms with E-state index in [1.807, 2.05) is 0 Å². The third-order valence-electron chi connectivity index (χ3n) is 6.70. The Bertz CT molecular complexity index is 1120. The molecule has 2 unspecified atom stereocenters. The molecule has 1 saturated heterocycles. The molecule has 178 valence electrons. The predicted molar refractivity (Wildman–Crippen MR) is 110 cm³/mol. The molecule has 0 spiro atoms. The fraction of sp³-hybridized carbons (Fsp3) is 0.571. The maximum atomic E-state index is 13.7. The Morgan fingerprint density at radius 2 is 1.82 bits per heavy atom. The van der Waals surface area contributed by atoms with Gasteiger partial charge in [0.25, 0.3) is 5.91 Å². The second-order valence-electron chi connectivity index (χ2n) is 8.98. The van der Waals surface area contributed by atoms with Gasteiger partial charge in [0.15, 0.2) is 11.3 Å². The summed E-state index contributed by atoms with van der Waals surface area (Å²) in [6.07, 6.45) is -2.88. The molecule has 5 rings (SSSR count). The van der Waals surface area contributed by atoms with E-state index in [1.165, 1.54) is 16.0 Å². The predicted octanol–water partition coefficient (Wildman–Crippen LogP) is 2.05. The van der Waals surface area contributed by atoms with Gasteiger partial charge in [0.2, 0.25) is 5.91 Å². The summed E-state index contributed by atoms with van der Waals surface area (Å²) in [4.78, 5) is 32.4. The van der Waals surface area contributed by atoms with Crippen molar-refractivity contribution >= 4 is 29.1 Å². The minimum absolute atomic E-state index is 0.0337. The van der Waals surface area contributed by atoms with E-state index >= 15 is 0 Å². The SMILES string of the molecule is O=C(c1nc2c(C(F)(F)F)cc(C3CC3)cn2c1Cl)N1CCN(C2CC(O)C(O)C2)C(=O)C1. The number of rotatable bonds is 3. The Labute approximate surface area is 191 Å². The monoisotopic (exact) mass is 486 g/mol. The van der Waals surface area contributed by atoms with Crippen LogP contribution in [0, 0.1) is 0 Å². The summed E-state index contributed by atoms with van der Waals surface area (Å²) in [7, 11) is 0. The standard InChI is InChI=1S/C21H22ClF3N4O4/c22-18-17(26-19-13(21(23,24)25)5-11(8-29(18)19)10-1-2-10)20(33)27-3-4-28(16(32)9-27)12-6-14(30)15(31)7-12/h5,8,10,12,14-15,30-31H,1-4,6-7,9H2. The fourth-order valence-corrected chi connectivity index (χ4v) is 4.99. The summed E-state index contributed by atoms with van der Waals surface area (Å²) in [5.41, 5.74) is -1.23. The Morgan fingerprint density at radius 3 is 2.39 bits per heavy atom. The van der Waals surface area contributed by atoms with E-state index < -0.39 is 35.5 Å². The second kappa shape index (κ2) is 7.85. The highest BCUT2D eigenvalue weighted by Crippen LogP contribution is 2.43. The number of piperazine rings is 1. The lowest BCUT2D eigenvalue weighted by Crippen LogP contribution is -2.55. The zero-order valence-electron chi connectivity index (χ0n) is 17.4. The number of aliphatic hydroxyl groups excluding tert-OH is 2. The van der Waals surface area contributed by atoms with Crippen LogP contribution in [0.5, 0.6) is 0 Å². The van der Waals surface area contributed by atoms with Gasteiger partial charge in [-0.1, -0.05) is 11.6 Å². The van der Waals surface area contributed by atoms with Crippen molar-refractivity contribution in [3.05, 3.63) is 34.2 Å². The molecule has 2 saturated carbocycles. The van der Waals surface area contributed by atoms with Crippen molar-refractivity contribution in [1.82, 2.24) is 19.2 Å². The van der Waals surface area contributed by atoms with Crippen molar-refractivity contribution in [3.8, 4) is 0 Å². The fourth-order valence-electron chi connectivity index (χ4n) is 4.74. The van der Waals surface area contributed by atoms with Gasteiger partial charge in [0.1, 0.15) is 11.7 Å². The van der Waals surface area contributed by atoms with Crippen LogP contribution < -0.4 is 0 Å². The lowest BCUT2D eigenvalue weighted by Gasteiger charge is -2.37. The van der Waals surface area contributed by atoms with Crippen LogP contribution in [0.4, 0.5) is 13.2 Å². The zero-order valence-corrected chi connectivity index (χ0v) is 18.2. The summed E-state index contributed by atoms with van der Waals surface area (Å²) in [5, 5.41) is 19.3. The van der Waals surface area contributed by atoms with E-state index in [1.54, 1.807) is 0 Å². The van der Waals surface area contributed by atoms with Crippen molar-refractivity contribution in [1.29, 1.82) is 0 Å². The molecule has 2 aromatic heterocycles. The van der Waals surface area contributed by atoms with Gasteiger partial charge in [0, 0.05) is 25.3 Å². The topological polar surface area (TPSA) is 98.4 Å². The van der Waals surface area contributed by atoms with Crippen LogP contribution in [0.2, 0.25) is 5.15 Å². The molecule has 3 fully saturated rings. The van der Waals surface area contributed by atoms with E-state index in [0.29, 0.717) is 5.56 Å². The first-order valence-electron chi connectivity index (χ1n) is 10.8. The number of fused-ring (bicyclic) bond motifs is 1.